The quantitative estimate of drug-likeness (QED) is 0.614. The zero-order valence-corrected chi connectivity index (χ0v) is 17.3. The minimum atomic E-state index is -0.0551. The molecule has 7 heteroatoms. The van der Waals surface area contributed by atoms with E-state index in [0.717, 1.165) is 10.7 Å². The highest BCUT2D eigenvalue weighted by molar-refractivity contribution is 8.18. The molecular weight excluding hydrogens is 379 g/mol. The molecule has 0 aliphatic carbocycles. The number of hydrogen-bond acceptors (Lipinski definition) is 4. The predicted molar refractivity (Wildman–Crippen MR) is 108 cm³/mol. The van der Waals surface area contributed by atoms with Crippen LogP contribution in [0.3, 0.4) is 0 Å². The molecule has 1 aromatic carbocycles. The molecule has 4 nitrogen and oxygen atoms in total. The van der Waals surface area contributed by atoms with Gasteiger partial charge in [0.2, 0.25) is 0 Å². The van der Waals surface area contributed by atoms with Gasteiger partial charge in [-0.1, -0.05) is 23.2 Å². The van der Waals surface area contributed by atoms with Crippen molar-refractivity contribution in [3.8, 4) is 5.75 Å². The number of amides is 1. The lowest BCUT2D eigenvalue weighted by Crippen LogP contribution is -2.35. The van der Waals surface area contributed by atoms with Gasteiger partial charge in [-0.3, -0.25) is 14.7 Å². The van der Waals surface area contributed by atoms with E-state index in [0.29, 0.717) is 27.3 Å². The Morgan fingerprint density at radius 3 is 2.32 bits per heavy atom. The van der Waals surface area contributed by atoms with Crippen LogP contribution in [0.15, 0.2) is 22.0 Å². The van der Waals surface area contributed by atoms with Crippen molar-refractivity contribution in [2.75, 3.05) is 6.61 Å². The molecule has 0 atom stereocenters. The maximum Gasteiger partial charge on any atom is 0.266 e. The Morgan fingerprint density at radius 1 is 1.24 bits per heavy atom. The molecule has 0 radical (unpaired) electrons. The van der Waals surface area contributed by atoms with Crippen LogP contribution in [0.1, 0.15) is 40.2 Å². The molecule has 0 bridgehead atoms. The molecule has 0 aromatic heterocycles. The van der Waals surface area contributed by atoms with Crippen LogP contribution in [0.25, 0.3) is 6.08 Å². The number of rotatable bonds is 5. The van der Waals surface area contributed by atoms with Crippen molar-refractivity contribution < 1.29 is 9.53 Å². The number of benzene rings is 1. The van der Waals surface area contributed by atoms with E-state index in [1.807, 2.05) is 34.6 Å². The minimum Gasteiger partial charge on any atom is -0.491 e. The van der Waals surface area contributed by atoms with Crippen LogP contribution >= 0.6 is 35.0 Å². The third kappa shape index (κ3) is 4.72. The molecule has 25 heavy (non-hydrogen) atoms. The van der Waals surface area contributed by atoms with E-state index in [-0.39, 0.29) is 18.0 Å². The van der Waals surface area contributed by atoms with Crippen LogP contribution in [-0.2, 0) is 4.79 Å². The van der Waals surface area contributed by atoms with E-state index in [9.17, 15) is 4.79 Å². The molecule has 0 unspecified atom stereocenters. The lowest BCUT2D eigenvalue weighted by Gasteiger charge is -2.20. The van der Waals surface area contributed by atoms with Gasteiger partial charge in [0.05, 0.1) is 21.6 Å². The smallest absolute Gasteiger partial charge is 0.266 e. The fourth-order valence-electron chi connectivity index (χ4n) is 2.35. The van der Waals surface area contributed by atoms with Crippen molar-refractivity contribution in [2.24, 2.45) is 4.99 Å². The van der Waals surface area contributed by atoms with Crippen molar-refractivity contribution in [1.29, 1.82) is 0 Å². The van der Waals surface area contributed by atoms with Crippen LogP contribution in [0, 0.1) is 0 Å². The largest absolute Gasteiger partial charge is 0.491 e. The van der Waals surface area contributed by atoms with Gasteiger partial charge in [-0.15, -0.1) is 0 Å². The second-order valence-corrected chi connectivity index (χ2v) is 7.96. The average Bonchev–Trinajstić information content (AvgIpc) is 2.78. The van der Waals surface area contributed by atoms with Crippen molar-refractivity contribution >= 4 is 52.1 Å². The topological polar surface area (TPSA) is 41.9 Å². The van der Waals surface area contributed by atoms with E-state index < -0.39 is 0 Å². The second kappa shape index (κ2) is 8.47. The summed E-state index contributed by atoms with van der Waals surface area (Å²) in [5.74, 6) is 0.407. The first-order chi connectivity index (χ1) is 11.7. The third-order valence-corrected chi connectivity index (χ3v) is 4.89. The van der Waals surface area contributed by atoms with Crippen molar-refractivity contribution in [3.05, 3.63) is 32.6 Å². The van der Waals surface area contributed by atoms with Gasteiger partial charge in [-0.05, 0) is 70.2 Å². The maximum atomic E-state index is 12.7. The summed E-state index contributed by atoms with van der Waals surface area (Å²) in [7, 11) is 0. The van der Waals surface area contributed by atoms with Gasteiger partial charge in [0.1, 0.15) is 0 Å². The molecule has 0 saturated carbocycles. The van der Waals surface area contributed by atoms with Gasteiger partial charge < -0.3 is 4.74 Å². The van der Waals surface area contributed by atoms with Crippen LogP contribution in [-0.4, -0.2) is 34.7 Å². The molecule has 1 heterocycles. The predicted octanol–water partition coefficient (Wildman–Crippen LogP) is 5.48. The van der Waals surface area contributed by atoms with Gasteiger partial charge in [0.25, 0.3) is 5.91 Å². The highest BCUT2D eigenvalue weighted by Gasteiger charge is 2.35. The van der Waals surface area contributed by atoms with Gasteiger partial charge in [0.15, 0.2) is 10.9 Å². The Bertz CT molecular complexity index is 707. The Balaban J connectivity index is 2.40. The summed E-state index contributed by atoms with van der Waals surface area (Å²) < 4.78 is 5.44. The van der Waals surface area contributed by atoms with Crippen molar-refractivity contribution in [1.82, 2.24) is 4.90 Å². The fraction of sp³-hybridized carbons (Fsp3) is 0.444. The fourth-order valence-corrected chi connectivity index (χ4v) is 4.20. The summed E-state index contributed by atoms with van der Waals surface area (Å²) in [5, 5.41) is 1.58. The summed E-state index contributed by atoms with van der Waals surface area (Å²) in [6.45, 7) is 10.3. The van der Waals surface area contributed by atoms with Crippen LogP contribution in [0.4, 0.5) is 0 Å². The van der Waals surface area contributed by atoms with Gasteiger partial charge in [-0.25, -0.2) is 0 Å². The first-order valence-corrected chi connectivity index (χ1v) is 9.74. The molecule has 2 rings (SSSR count). The van der Waals surface area contributed by atoms with E-state index in [1.54, 1.807) is 23.1 Å². The zero-order valence-electron chi connectivity index (χ0n) is 15.0. The zero-order chi connectivity index (χ0) is 18.7. The molecule has 1 amide bonds. The van der Waals surface area contributed by atoms with Crippen molar-refractivity contribution in [2.45, 2.75) is 46.7 Å². The van der Waals surface area contributed by atoms with Crippen molar-refractivity contribution in [3.63, 3.8) is 0 Å². The van der Waals surface area contributed by atoms with Crippen LogP contribution < -0.4 is 4.74 Å². The summed E-state index contributed by atoms with van der Waals surface area (Å²) in [5.41, 5.74) is 0.754. The Kier molecular flexibility index (Phi) is 6.83. The molecule has 1 aromatic rings. The number of carbonyl (C=O) groups is 1. The number of halogens is 2. The molecule has 136 valence electrons. The first-order valence-electron chi connectivity index (χ1n) is 8.17. The Hall–Kier alpha value is -1.17. The highest BCUT2D eigenvalue weighted by Crippen LogP contribution is 2.38. The Labute approximate surface area is 163 Å². The molecule has 1 aliphatic rings. The molecule has 0 spiro atoms. The van der Waals surface area contributed by atoms with E-state index in [4.69, 9.17) is 27.9 Å². The second-order valence-electron chi connectivity index (χ2n) is 6.13. The number of aliphatic imine (C=N–C) groups is 1. The maximum absolute atomic E-state index is 12.7. The SMILES string of the molecule is CCOc1c(Cl)cc(/C=C2/SC(=NC(C)C)N(C(C)C)C2=O)cc1Cl. The lowest BCUT2D eigenvalue weighted by molar-refractivity contribution is -0.123. The standard InChI is InChI=1S/C18H22Cl2N2O2S/c1-6-24-16-13(19)7-12(8-14(16)20)9-15-17(23)22(11(4)5)18(25-15)21-10(2)3/h7-11H,6H2,1-5H3/b15-9+,21-18?. The third-order valence-electron chi connectivity index (χ3n) is 3.33. The average molecular weight is 401 g/mol. The summed E-state index contributed by atoms with van der Waals surface area (Å²) >= 11 is 13.9. The highest BCUT2D eigenvalue weighted by atomic mass is 35.5. The number of nitrogens with zero attached hydrogens (tertiary/aromatic N) is 2. The first kappa shape index (κ1) is 20.1. The number of thioether (sulfide) groups is 1. The number of carbonyl (C=O) groups excluding carboxylic acids is 1. The normalized spacial score (nSPS) is 18.3. The van der Waals surface area contributed by atoms with E-state index in [1.165, 1.54) is 11.8 Å². The molecule has 1 fully saturated rings. The molecule has 1 saturated heterocycles. The van der Waals surface area contributed by atoms with Crippen LogP contribution in [0.5, 0.6) is 5.75 Å². The van der Waals surface area contributed by atoms with E-state index in [2.05, 4.69) is 4.99 Å². The molecule has 1 aliphatic heterocycles. The summed E-state index contributed by atoms with van der Waals surface area (Å²) in [6, 6.07) is 3.65. The summed E-state index contributed by atoms with van der Waals surface area (Å²) in [4.78, 5) is 19.6. The van der Waals surface area contributed by atoms with E-state index >= 15 is 0 Å². The summed E-state index contributed by atoms with van der Waals surface area (Å²) in [6.07, 6.45) is 1.79. The Morgan fingerprint density at radius 2 is 1.84 bits per heavy atom. The monoisotopic (exact) mass is 400 g/mol. The number of ether oxygens (including phenoxy) is 1. The minimum absolute atomic E-state index is 0.0379. The van der Waals surface area contributed by atoms with Gasteiger partial charge >= 0.3 is 0 Å². The van der Waals surface area contributed by atoms with Gasteiger partial charge in [-0.2, -0.15) is 0 Å². The lowest BCUT2D eigenvalue weighted by atomic mass is 10.2. The molecular formula is C18H22Cl2N2O2S. The molecule has 0 N–H and O–H groups in total. The van der Waals surface area contributed by atoms with Crippen LogP contribution in [0.2, 0.25) is 10.0 Å². The number of hydrogen-bond donors (Lipinski definition) is 0. The van der Waals surface area contributed by atoms with Gasteiger partial charge in [0, 0.05) is 12.1 Å². The number of amidine groups is 1.